The lowest BCUT2D eigenvalue weighted by Crippen LogP contribution is -2.50. The number of amides is 3. The molecule has 0 spiro atoms. The second kappa shape index (κ2) is 6.55. The second-order valence-corrected chi connectivity index (χ2v) is 8.41. The van der Waals surface area contributed by atoms with Crippen LogP contribution < -0.4 is 0 Å². The molecule has 0 N–H and O–H groups in total. The lowest BCUT2D eigenvalue weighted by atomic mass is 9.91. The molecule has 3 aliphatic rings. The average molecular weight is 402 g/mol. The van der Waals surface area contributed by atoms with E-state index < -0.39 is 35.1 Å². The van der Waals surface area contributed by atoms with Crippen LogP contribution in [0.25, 0.3) is 0 Å². The Hall–Kier alpha value is -2.94. The Morgan fingerprint density at radius 3 is 2.34 bits per heavy atom. The Kier molecular flexibility index (Phi) is 4.38. The van der Waals surface area contributed by atoms with Gasteiger partial charge in [0.25, 0.3) is 11.8 Å². The van der Waals surface area contributed by atoms with E-state index in [0.29, 0.717) is 18.1 Å². The van der Waals surface area contributed by atoms with Gasteiger partial charge in [0.2, 0.25) is 0 Å². The van der Waals surface area contributed by atoms with Crippen molar-refractivity contribution in [2.24, 2.45) is 5.92 Å². The molecule has 2 fully saturated rings. The van der Waals surface area contributed by atoms with E-state index in [-0.39, 0.29) is 30.1 Å². The summed E-state index contributed by atoms with van der Waals surface area (Å²) in [6.07, 6.45) is -0.000303. The van der Waals surface area contributed by atoms with Gasteiger partial charge in [0.15, 0.2) is 5.60 Å². The van der Waals surface area contributed by atoms with Crippen molar-refractivity contribution in [3.05, 3.63) is 35.4 Å². The average Bonchev–Trinajstić information content (AvgIpc) is 3.27. The van der Waals surface area contributed by atoms with Crippen LogP contribution >= 0.6 is 0 Å². The summed E-state index contributed by atoms with van der Waals surface area (Å²) >= 11 is 0. The quantitative estimate of drug-likeness (QED) is 0.695. The molecule has 29 heavy (non-hydrogen) atoms. The third-order valence-corrected chi connectivity index (χ3v) is 5.28. The third kappa shape index (κ3) is 3.15. The zero-order chi connectivity index (χ0) is 21.0. The standard InChI is InChI=1S/C20H22N2O7/c1-19(2,3)28-18(26)21-10-12-8-9-27-20(12,11-21)17(25)29-22-15(23)13-6-4-5-7-14(13)16(22)24/h4-7,12H,8-11H2,1-3H3/t12-,20+/m0/s1. The second-order valence-electron chi connectivity index (χ2n) is 8.41. The Balaban J connectivity index is 1.52. The Bertz CT molecular complexity index is 871. The van der Waals surface area contributed by atoms with Gasteiger partial charge in [-0.3, -0.25) is 9.59 Å². The molecule has 0 saturated carbocycles. The summed E-state index contributed by atoms with van der Waals surface area (Å²) in [7, 11) is 0. The van der Waals surface area contributed by atoms with Gasteiger partial charge in [-0.05, 0) is 39.3 Å². The molecule has 0 radical (unpaired) electrons. The van der Waals surface area contributed by atoms with E-state index in [1.54, 1.807) is 32.9 Å². The fourth-order valence-electron chi connectivity index (χ4n) is 3.93. The first-order valence-corrected chi connectivity index (χ1v) is 9.44. The molecule has 0 bridgehead atoms. The first-order valence-electron chi connectivity index (χ1n) is 9.44. The van der Waals surface area contributed by atoms with Gasteiger partial charge in [-0.1, -0.05) is 17.2 Å². The van der Waals surface area contributed by atoms with Crippen LogP contribution in [0.15, 0.2) is 24.3 Å². The predicted octanol–water partition coefficient (Wildman–Crippen LogP) is 1.77. The van der Waals surface area contributed by atoms with Gasteiger partial charge < -0.3 is 19.2 Å². The minimum absolute atomic E-state index is 0.0609. The van der Waals surface area contributed by atoms with Crippen molar-refractivity contribution in [2.75, 3.05) is 19.7 Å². The summed E-state index contributed by atoms with van der Waals surface area (Å²) in [6, 6.07) is 6.24. The van der Waals surface area contributed by atoms with Crippen molar-refractivity contribution in [1.29, 1.82) is 0 Å². The number of hydroxylamine groups is 2. The van der Waals surface area contributed by atoms with Crippen LogP contribution in [-0.2, 0) is 19.1 Å². The molecule has 0 aliphatic carbocycles. The lowest BCUT2D eigenvalue weighted by Gasteiger charge is -2.28. The van der Waals surface area contributed by atoms with Gasteiger partial charge >= 0.3 is 12.1 Å². The molecule has 154 valence electrons. The first-order chi connectivity index (χ1) is 13.6. The fourth-order valence-corrected chi connectivity index (χ4v) is 3.93. The van der Waals surface area contributed by atoms with Crippen molar-refractivity contribution in [3.8, 4) is 0 Å². The number of carbonyl (C=O) groups is 4. The molecule has 3 aliphatic heterocycles. The van der Waals surface area contributed by atoms with Crippen LogP contribution in [-0.4, -0.2) is 64.7 Å². The van der Waals surface area contributed by atoms with Crippen LogP contribution in [0, 0.1) is 5.92 Å². The molecule has 0 aromatic heterocycles. The summed E-state index contributed by atoms with van der Waals surface area (Å²) in [4.78, 5) is 57.0. The largest absolute Gasteiger partial charge is 0.444 e. The van der Waals surface area contributed by atoms with E-state index in [2.05, 4.69) is 0 Å². The van der Waals surface area contributed by atoms with Crippen molar-refractivity contribution in [3.63, 3.8) is 0 Å². The van der Waals surface area contributed by atoms with E-state index in [1.807, 2.05) is 0 Å². The smallest absolute Gasteiger partial charge is 0.410 e. The number of likely N-dealkylation sites (tertiary alicyclic amines) is 1. The number of rotatable bonds is 2. The highest BCUT2D eigenvalue weighted by Gasteiger charge is 2.60. The van der Waals surface area contributed by atoms with Crippen LogP contribution in [0.5, 0.6) is 0 Å². The van der Waals surface area contributed by atoms with Crippen molar-refractivity contribution >= 4 is 23.9 Å². The van der Waals surface area contributed by atoms with E-state index >= 15 is 0 Å². The molecule has 3 amide bonds. The molecule has 2 atom stereocenters. The van der Waals surface area contributed by atoms with Gasteiger partial charge in [0.05, 0.1) is 17.7 Å². The minimum atomic E-state index is -1.42. The normalized spacial score (nSPS) is 25.8. The SMILES string of the molecule is CC(C)(C)OC(=O)N1C[C@@H]2CCO[C@]2(C(=O)ON2C(=O)c3ccccc3C2=O)C1. The predicted molar refractivity (Wildman–Crippen MR) is 97.6 cm³/mol. The number of ether oxygens (including phenoxy) is 2. The molecular weight excluding hydrogens is 380 g/mol. The highest BCUT2D eigenvalue weighted by molar-refractivity contribution is 6.21. The summed E-state index contributed by atoms with van der Waals surface area (Å²) < 4.78 is 11.1. The first kappa shape index (κ1) is 19.4. The highest BCUT2D eigenvalue weighted by Crippen LogP contribution is 2.41. The Morgan fingerprint density at radius 2 is 1.76 bits per heavy atom. The molecule has 4 rings (SSSR count). The molecule has 2 saturated heterocycles. The van der Waals surface area contributed by atoms with E-state index in [0.717, 1.165) is 0 Å². The van der Waals surface area contributed by atoms with Gasteiger partial charge in [-0.15, -0.1) is 0 Å². The molecule has 3 heterocycles. The molecule has 9 heteroatoms. The molecule has 0 unspecified atom stereocenters. The van der Waals surface area contributed by atoms with Gasteiger partial charge in [-0.25, -0.2) is 9.59 Å². The number of nitrogens with zero attached hydrogens (tertiary/aromatic N) is 2. The van der Waals surface area contributed by atoms with E-state index in [1.165, 1.54) is 17.0 Å². The number of imide groups is 1. The Morgan fingerprint density at radius 1 is 1.14 bits per heavy atom. The maximum Gasteiger partial charge on any atom is 0.410 e. The van der Waals surface area contributed by atoms with Crippen molar-refractivity contribution in [2.45, 2.75) is 38.4 Å². The number of benzene rings is 1. The van der Waals surface area contributed by atoms with Crippen molar-refractivity contribution < 1.29 is 33.5 Å². The molecule has 9 nitrogen and oxygen atoms in total. The number of carbonyl (C=O) groups excluding carboxylic acids is 4. The summed E-state index contributed by atoms with van der Waals surface area (Å²) in [6.45, 7) is 5.80. The molecule has 1 aromatic carbocycles. The maximum absolute atomic E-state index is 13.0. The topological polar surface area (TPSA) is 102 Å². The van der Waals surface area contributed by atoms with Crippen LogP contribution in [0.2, 0.25) is 0 Å². The summed E-state index contributed by atoms with van der Waals surface area (Å²) in [5.74, 6) is -2.57. The van der Waals surface area contributed by atoms with Crippen LogP contribution in [0.4, 0.5) is 4.79 Å². The van der Waals surface area contributed by atoms with Gasteiger partial charge in [-0.2, -0.15) is 0 Å². The van der Waals surface area contributed by atoms with E-state index in [9.17, 15) is 19.2 Å². The van der Waals surface area contributed by atoms with Gasteiger partial charge in [0.1, 0.15) is 5.60 Å². The highest BCUT2D eigenvalue weighted by atomic mass is 16.7. The zero-order valence-electron chi connectivity index (χ0n) is 16.5. The van der Waals surface area contributed by atoms with E-state index in [4.69, 9.17) is 14.3 Å². The van der Waals surface area contributed by atoms with Gasteiger partial charge in [0, 0.05) is 19.1 Å². The maximum atomic E-state index is 13.0. The third-order valence-electron chi connectivity index (χ3n) is 5.28. The summed E-state index contributed by atoms with van der Waals surface area (Å²) in [5.41, 5.74) is -1.75. The van der Waals surface area contributed by atoms with Crippen molar-refractivity contribution in [1.82, 2.24) is 9.96 Å². The number of hydrogen-bond donors (Lipinski definition) is 0. The van der Waals surface area contributed by atoms with Crippen LogP contribution in [0.3, 0.4) is 0 Å². The fraction of sp³-hybridized carbons (Fsp3) is 0.500. The molecule has 1 aromatic rings. The molecular formula is C20H22N2O7. The number of hydrogen-bond acceptors (Lipinski definition) is 7. The zero-order valence-corrected chi connectivity index (χ0v) is 16.5. The Labute approximate surface area is 167 Å². The monoisotopic (exact) mass is 402 g/mol. The number of fused-ring (bicyclic) bond motifs is 2. The van der Waals surface area contributed by atoms with Crippen LogP contribution in [0.1, 0.15) is 47.9 Å². The minimum Gasteiger partial charge on any atom is -0.444 e. The summed E-state index contributed by atoms with van der Waals surface area (Å²) in [5, 5.41) is 0.469. The lowest BCUT2D eigenvalue weighted by molar-refractivity contribution is -0.192.